The third-order valence-electron chi connectivity index (χ3n) is 3.25. The second-order valence-electron chi connectivity index (χ2n) is 5.97. The Balaban J connectivity index is 2.26. The second kappa shape index (κ2) is 5.55. The van der Waals surface area contributed by atoms with Gasteiger partial charge in [-0.2, -0.15) is 0 Å². The van der Waals surface area contributed by atoms with Crippen molar-refractivity contribution in [3.8, 4) is 0 Å². The minimum atomic E-state index is -0.148. The summed E-state index contributed by atoms with van der Waals surface area (Å²) >= 11 is 0. The molecule has 1 rings (SSSR count). The Hall–Kier alpha value is -0.730. The minimum absolute atomic E-state index is 0.0209. The van der Waals surface area contributed by atoms with E-state index in [2.05, 4.69) is 17.6 Å². The molecule has 1 fully saturated rings. The molecule has 0 atom stereocenters. The van der Waals surface area contributed by atoms with Crippen molar-refractivity contribution >= 4 is 6.03 Å². The zero-order valence-corrected chi connectivity index (χ0v) is 11.1. The first kappa shape index (κ1) is 13.3. The lowest BCUT2D eigenvalue weighted by Crippen LogP contribution is -2.50. The molecule has 0 aromatic carbocycles. The van der Waals surface area contributed by atoms with Gasteiger partial charge in [-0.05, 0) is 52.4 Å². The minimum Gasteiger partial charge on any atom is -0.335 e. The van der Waals surface area contributed by atoms with Gasteiger partial charge in [-0.3, -0.25) is 0 Å². The molecule has 2 N–H and O–H groups in total. The lowest BCUT2D eigenvalue weighted by atomic mass is 9.84. The van der Waals surface area contributed by atoms with E-state index in [0.717, 1.165) is 18.8 Å². The predicted octanol–water partition coefficient (Wildman–Crippen LogP) is 3.05. The van der Waals surface area contributed by atoms with Crippen LogP contribution in [0, 0.1) is 5.92 Å². The molecule has 0 aromatic heterocycles. The van der Waals surface area contributed by atoms with E-state index >= 15 is 0 Å². The van der Waals surface area contributed by atoms with Crippen LogP contribution < -0.4 is 10.6 Å². The fraction of sp³-hybridized carbons (Fsp3) is 0.923. The summed E-state index contributed by atoms with van der Waals surface area (Å²) in [5.74, 6) is 0.878. The van der Waals surface area contributed by atoms with Crippen LogP contribution in [-0.2, 0) is 0 Å². The number of carbonyl (C=O) groups is 1. The van der Waals surface area contributed by atoms with Crippen molar-refractivity contribution in [3.63, 3.8) is 0 Å². The fourth-order valence-corrected chi connectivity index (χ4v) is 2.28. The molecule has 1 aliphatic carbocycles. The van der Waals surface area contributed by atoms with E-state index in [1.807, 2.05) is 20.8 Å². The molecule has 0 aliphatic heterocycles. The van der Waals surface area contributed by atoms with Gasteiger partial charge in [0.1, 0.15) is 0 Å². The Kier molecular flexibility index (Phi) is 4.63. The predicted molar refractivity (Wildman–Crippen MR) is 67.5 cm³/mol. The first-order valence-corrected chi connectivity index (χ1v) is 6.49. The van der Waals surface area contributed by atoms with Gasteiger partial charge in [0.2, 0.25) is 0 Å². The summed E-state index contributed by atoms with van der Waals surface area (Å²) < 4.78 is 0. The number of rotatable bonds is 2. The van der Waals surface area contributed by atoms with E-state index < -0.39 is 0 Å². The quantitative estimate of drug-likeness (QED) is 0.746. The van der Waals surface area contributed by atoms with Crippen LogP contribution >= 0.6 is 0 Å². The number of hydrogen-bond donors (Lipinski definition) is 2. The molecule has 1 saturated carbocycles. The summed E-state index contributed by atoms with van der Waals surface area (Å²) in [6.07, 6.45) is 6.07. The van der Waals surface area contributed by atoms with Crippen LogP contribution in [0.5, 0.6) is 0 Å². The number of carbonyl (C=O) groups excluding carboxylic acids is 1. The Morgan fingerprint density at radius 3 is 2.19 bits per heavy atom. The lowest BCUT2D eigenvalue weighted by Gasteiger charge is -2.30. The normalized spacial score (nSPS) is 26.2. The molecule has 0 saturated heterocycles. The van der Waals surface area contributed by atoms with Gasteiger partial charge in [0, 0.05) is 11.6 Å². The summed E-state index contributed by atoms with van der Waals surface area (Å²) in [7, 11) is 0. The van der Waals surface area contributed by atoms with Crippen molar-refractivity contribution in [3.05, 3.63) is 0 Å². The van der Waals surface area contributed by atoms with Gasteiger partial charge in [0.15, 0.2) is 0 Å². The Bertz CT molecular complexity index is 225. The van der Waals surface area contributed by atoms with Crippen LogP contribution in [0.3, 0.4) is 0 Å². The molecule has 0 bridgehead atoms. The molecular formula is C13H26N2O. The van der Waals surface area contributed by atoms with Crippen LogP contribution in [0.25, 0.3) is 0 Å². The van der Waals surface area contributed by atoms with Gasteiger partial charge in [-0.25, -0.2) is 4.79 Å². The number of amides is 2. The molecule has 0 aromatic rings. The van der Waals surface area contributed by atoms with Crippen molar-refractivity contribution in [2.45, 2.75) is 71.4 Å². The summed E-state index contributed by atoms with van der Waals surface area (Å²) in [4.78, 5) is 11.7. The number of hydrogen-bond acceptors (Lipinski definition) is 1. The first-order chi connectivity index (χ1) is 7.40. The highest BCUT2D eigenvalue weighted by atomic mass is 16.2. The highest BCUT2D eigenvalue weighted by Crippen LogP contribution is 2.26. The SMILES string of the molecule is CCC1CCC(NC(=O)NC(C)(C)C)CC1. The number of urea groups is 1. The van der Waals surface area contributed by atoms with E-state index in [1.54, 1.807) is 0 Å². The molecule has 3 heteroatoms. The zero-order chi connectivity index (χ0) is 12.2. The molecule has 94 valence electrons. The fourth-order valence-electron chi connectivity index (χ4n) is 2.28. The zero-order valence-electron chi connectivity index (χ0n) is 11.1. The Labute approximate surface area is 99.4 Å². The smallest absolute Gasteiger partial charge is 0.315 e. The van der Waals surface area contributed by atoms with Crippen LogP contribution in [0.1, 0.15) is 59.8 Å². The van der Waals surface area contributed by atoms with Gasteiger partial charge in [0.05, 0.1) is 0 Å². The monoisotopic (exact) mass is 226 g/mol. The maximum atomic E-state index is 11.7. The maximum absolute atomic E-state index is 11.7. The van der Waals surface area contributed by atoms with Gasteiger partial charge >= 0.3 is 6.03 Å². The van der Waals surface area contributed by atoms with E-state index in [4.69, 9.17) is 0 Å². The lowest BCUT2D eigenvalue weighted by molar-refractivity contribution is 0.218. The molecule has 3 nitrogen and oxygen atoms in total. The summed E-state index contributed by atoms with van der Waals surface area (Å²) in [5, 5.41) is 6.01. The van der Waals surface area contributed by atoms with E-state index in [1.165, 1.54) is 19.3 Å². The molecular weight excluding hydrogens is 200 g/mol. The van der Waals surface area contributed by atoms with Crippen molar-refractivity contribution in [1.82, 2.24) is 10.6 Å². The average molecular weight is 226 g/mol. The van der Waals surface area contributed by atoms with Crippen LogP contribution in [0.2, 0.25) is 0 Å². The van der Waals surface area contributed by atoms with Crippen LogP contribution in [-0.4, -0.2) is 17.6 Å². The van der Waals surface area contributed by atoms with E-state index in [0.29, 0.717) is 6.04 Å². The third-order valence-corrected chi connectivity index (χ3v) is 3.25. The Morgan fingerprint density at radius 2 is 1.75 bits per heavy atom. The Morgan fingerprint density at radius 1 is 1.19 bits per heavy atom. The van der Waals surface area contributed by atoms with Gasteiger partial charge in [0.25, 0.3) is 0 Å². The largest absolute Gasteiger partial charge is 0.335 e. The second-order valence-corrected chi connectivity index (χ2v) is 5.97. The highest BCUT2D eigenvalue weighted by molar-refractivity contribution is 5.74. The van der Waals surface area contributed by atoms with E-state index in [9.17, 15) is 4.79 Å². The number of nitrogens with one attached hydrogen (secondary N) is 2. The average Bonchev–Trinajstić information content (AvgIpc) is 2.16. The van der Waals surface area contributed by atoms with Gasteiger partial charge in [-0.1, -0.05) is 13.3 Å². The summed E-state index contributed by atoms with van der Waals surface area (Å²) in [6.45, 7) is 8.26. The third kappa shape index (κ3) is 4.86. The molecule has 16 heavy (non-hydrogen) atoms. The topological polar surface area (TPSA) is 41.1 Å². The maximum Gasteiger partial charge on any atom is 0.315 e. The van der Waals surface area contributed by atoms with Gasteiger partial charge in [-0.15, -0.1) is 0 Å². The molecule has 1 aliphatic rings. The van der Waals surface area contributed by atoms with Gasteiger partial charge < -0.3 is 10.6 Å². The molecule has 0 unspecified atom stereocenters. The van der Waals surface area contributed by atoms with Crippen molar-refractivity contribution in [2.24, 2.45) is 5.92 Å². The van der Waals surface area contributed by atoms with Crippen molar-refractivity contribution < 1.29 is 4.79 Å². The summed E-state index contributed by atoms with van der Waals surface area (Å²) in [6, 6.07) is 0.359. The summed E-state index contributed by atoms with van der Waals surface area (Å²) in [5.41, 5.74) is -0.148. The molecule has 0 radical (unpaired) electrons. The standard InChI is InChI=1S/C13H26N2O/c1-5-10-6-8-11(9-7-10)14-12(16)15-13(2,3)4/h10-11H,5-9H2,1-4H3,(H2,14,15,16). The van der Waals surface area contributed by atoms with Crippen molar-refractivity contribution in [2.75, 3.05) is 0 Å². The van der Waals surface area contributed by atoms with E-state index in [-0.39, 0.29) is 11.6 Å². The van der Waals surface area contributed by atoms with Crippen LogP contribution in [0.4, 0.5) is 4.79 Å². The highest BCUT2D eigenvalue weighted by Gasteiger charge is 2.22. The molecule has 0 heterocycles. The van der Waals surface area contributed by atoms with Crippen LogP contribution in [0.15, 0.2) is 0 Å². The van der Waals surface area contributed by atoms with Crippen molar-refractivity contribution in [1.29, 1.82) is 0 Å². The first-order valence-electron chi connectivity index (χ1n) is 6.49. The molecule has 2 amide bonds. The molecule has 0 spiro atoms.